The van der Waals surface area contributed by atoms with E-state index in [1.807, 2.05) is 0 Å². The molecule has 1 N–H and O–H groups in total. The molecule has 0 atom stereocenters. The van der Waals surface area contributed by atoms with Crippen LogP contribution in [0.4, 0.5) is 10.1 Å². The average Bonchev–Trinajstić information content (AvgIpc) is 3.09. The SMILES string of the molecule is O=C(NCc1cccnc1)C1=C2CCCN2c2ccc(F)cc2S1(=O)=O. The van der Waals surface area contributed by atoms with E-state index in [1.165, 1.54) is 12.1 Å². The monoisotopic (exact) mass is 373 g/mol. The van der Waals surface area contributed by atoms with E-state index >= 15 is 0 Å². The van der Waals surface area contributed by atoms with Crippen molar-refractivity contribution in [3.05, 3.63) is 64.7 Å². The maximum absolute atomic E-state index is 13.7. The van der Waals surface area contributed by atoms with Crippen molar-refractivity contribution in [3.8, 4) is 0 Å². The number of hydrogen-bond acceptors (Lipinski definition) is 5. The second-order valence-electron chi connectivity index (χ2n) is 6.19. The van der Waals surface area contributed by atoms with Crippen molar-refractivity contribution >= 4 is 21.4 Å². The molecule has 0 unspecified atom stereocenters. The summed E-state index contributed by atoms with van der Waals surface area (Å²) in [6.07, 6.45) is 4.44. The standard InChI is InChI=1S/C18H16FN3O3S/c19-13-5-6-14-16(9-13)26(24,25)17(15-4-2-8-22(14)15)18(23)21-11-12-3-1-7-20-10-12/h1,3,5-7,9-10H,2,4,8,11H2,(H,21,23). The Bertz CT molecular complexity index is 1020. The van der Waals surface area contributed by atoms with Gasteiger partial charge in [-0.3, -0.25) is 9.78 Å². The Balaban J connectivity index is 1.73. The zero-order valence-corrected chi connectivity index (χ0v) is 14.6. The van der Waals surface area contributed by atoms with Crippen LogP contribution in [0.2, 0.25) is 0 Å². The predicted molar refractivity (Wildman–Crippen MR) is 93.3 cm³/mol. The van der Waals surface area contributed by atoms with E-state index in [-0.39, 0.29) is 16.3 Å². The number of carbonyl (C=O) groups excluding carboxylic acids is 1. The van der Waals surface area contributed by atoms with E-state index in [1.54, 1.807) is 29.4 Å². The lowest BCUT2D eigenvalue weighted by atomic mass is 10.2. The quantitative estimate of drug-likeness (QED) is 0.892. The van der Waals surface area contributed by atoms with Crippen LogP contribution in [-0.4, -0.2) is 25.9 Å². The number of amides is 1. The third-order valence-corrected chi connectivity index (χ3v) is 6.40. The molecule has 2 aliphatic heterocycles. The van der Waals surface area contributed by atoms with Crippen LogP contribution in [0, 0.1) is 5.82 Å². The zero-order valence-electron chi connectivity index (χ0n) is 13.8. The van der Waals surface area contributed by atoms with Crippen LogP contribution in [0.25, 0.3) is 0 Å². The summed E-state index contributed by atoms with van der Waals surface area (Å²) in [6.45, 7) is 0.762. The first-order chi connectivity index (χ1) is 12.5. The van der Waals surface area contributed by atoms with Crippen molar-refractivity contribution < 1.29 is 17.6 Å². The molecule has 8 heteroatoms. The number of benzene rings is 1. The third kappa shape index (κ3) is 2.66. The molecule has 6 nitrogen and oxygen atoms in total. The molecule has 26 heavy (non-hydrogen) atoms. The van der Waals surface area contributed by atoms with Crippen molar-refractivity contribution in [1.29, 1.82) is 0 Å². The number of nitrogens with one attached hydrogen (secondary N) is 1. The fourth-order valence-electron chi connectivity index (χ4n) is 3.39. The van der Waals surface area contributed by atoms with Gasteiger partial charge in [0.15, 0.2) is 4.91 Å². The summed E-state index contributed by atoms with van der Waals surface area (Å²) in [5.74, 6) is -1.32. The molecule has 0 aliphatic carbocycles. The average molecular weight is 373 g/mol. The summed E-state index contributed by atoms with van der Waals surface area (Å²) >= 11 is 0. The molecule has 0 bridgehead atoms. The van der Waals surface area contributed by atoms with Crippen molar-refractivity contribution in [2.45, 2.75) is 24.3 Å². The van der Waals surface area contributed by atoms with Gasteiger partial charge in [-0.25, -0.2) is 12.8 Å². The lowest BCUT2D eigenvalue weighted by Gasteiger charge is -2.30. The minimum absolute atomic E-state index is 0.158. The van der Waals surface area contributed by atoms with E-state index in [2.05, 4.69) is 10.3 Å². The highest BCUT2D eigenvalue weighted by Gasteiger charge is 2.41. The first kappa shape index (κ1) is 16.7. The van der Waals surface area contributed by atoms with Gasteiger partial charge in [-0.2, -0.15) is 0 Å². The second kappa shape index (κ2) is 6.21. The van der Waals surface area contributed by atoms with Gasteiger partial charge in [-0.05, 0) is 42.7 Å². The van der Waals surface area contributed by atoms with Gasteiger partial charge in [0.2, 0.25) is 9.84 Å². The molecule has 1 saturated heterocycles. The van der Waals surface area contributed by atoms with Crippen molar-refractivity contribution in [3.63, 3.8) is 0 Å². The fourth-order valence-corrected chi connectivity index (χ4v) is 5.17. The van der Waals surface area contributed by atoms with Gasteiger partial charge < -0.3 is 10.2 Å². The molecule has 4 rings (SSSR count). The molecule has 1 fully saturated rings. The molecule has 0 spiro atoms. The number of halogens is 1. The van der Waals surface area contributed by atoms with Crippen LogP contribution >= 0.6 is 0 Å². The summed E-state index contributed by atoms with van der Waals surface area (Å²) < 4.78 is 39.7. The molecule has 1 aromatic heterocycles. The highest BCUT2D eigenvalue weighted by molar-refractivity contribution is 7.96. The molecule has 134 valence electrons. The summed E-state index contributed by atoms with van der Waals surface area (Å²) in [4.78, 5) is 18.1. The highest BCUT2D eigenvalue weighted by Crippen LogP contribution is 2.43. The van der Waals surface area contributed by atoms with E-state index in [0.29, 0.717) is 24.4 Å². The minimum atomic E-state index is -4.09. The van der Waals surface area contributed by atoms with Crippen molar-refractivity contribution in [1.82, 2.24) is 10.3 Å². The van der Waals surface area contributed by atoms with Gasteiger partial charge in [-0.1, -0.05) is 6.07 Å². The van der Waals surface area contributed by atoms with E-state index in [4.69, 9.17) is 0 Å². The van der Waals surface area contributed by atoms with Gasteiger partial charge in [0, 0.05) is 31.2 Å². The Morgan fingerprint density at radius 1 is 1.31 bits per heavy atom. The van der Waals surface area contributed by atoms with Gasteiger partial charge in [0.1, 0.15) is 5.82 Å². The van der Waals surface area contributed by atoms with Crippen LogP contribution in [0.3, 0.4) is 0 Å². The molecule has 1 aromatic carbocycles. The van der Waals surface area contributed by atoms with Gasteiger partial charge in [0.05, 0.1) is 10.6 Å². The van der Waals surface area contributed by atoms with E-state index in [9.17, 15) is 17.6 Å². The first-order valence-electron chi connectivity index (χ1n) is 8.21. The van der Waals surface area contributed by atoms with Gasteiger partial charge in [0.25, 0.3) is 5.91 Å². The largest absolute Gasteiger partial charge is 0.347 e. The van der Waals surface area contributed by atoms with Crippen molar-refractivity contribution in [2.24, 2.45) is 0 Å². The Morgan fingerprint density at radius 2 is 2.15 bits per heavy atom. The van der Waals surface area contributed by atoms with Gasteiger partial charge in [-0.15, -0.1) is 0 Å². The number of allylic oxidation sites excluding steroid dienone is 1. The second-order valence-corrected chi connectivity index (χ2v) is 8.05. The maximum atomic E-state index is 13.7. The highest BCUT2D eigenvalue weighted by atomic mass is 32.2. The Kier molecular flexibility index (Phi) is 3.99. The number of hydrogen-bond donors (Lipinski definition) is 1. The smallest absolute Gasteiger partial charge is 0.265 e. The fraction of sp³-hybridized carbons (Fsp3) is 0.222. The number of nitrogens with zero attached hydrogens (tertiary/aromatic N) is 2. The lowest BCUT2D eigenvalue weighted by molar-refractivity contribution is -0.117. The normalized spacial score (nSPS) is 17.7. The Hall–Kier alpha value is -2.74. The van der Waals surface area contributed by atoms with Gasteiger partial charge >= 0.3 is 0 Å². The minimum Gasteiger partial charge on any atom is -0.347 e. The molecular weight excluding hydrogens is 357 g/mol. The lowest BCUT2D eigenvalue weighted by Crippen LogP contribution is -2.35. The number of anilines is 1. The number of sulfone groups is 1. The molecular formula is C18H16FN3O3S. The zero-order chi connectivity index (χ0) is 18.3. The number of pyridine rings is 1. The molecule has 1 amide bonds. The molecule has 2 aromatic rings. The summed E-state index contributed by atoms with van der Waals surface area (Å²) in [5, 5.41) is 2.65. The van der Waals surface area contributed by atoms with Crippen molar-refractivity contribution in [2.75, 3.05) is 11.4 Å². The first-order valence-corrected chi connectivity index (χ1v) is 9.69. The maximum Gasteiger partial charge on any atom is 0.265 e. The summed E-state index contributed by atoms with van der Waals surface area (Å²) in [7, 11) is -4.09. The molecule has 0 saturated carbocycles. The number of rotatable bonds is 3. The number of carbonyl (C=O) groups is 1. The van der Waals surface area contributed by atoms with E-state index in [0.717, 1.165) is 18.1 Å². The molecule has 2 aliphatic rings. The van der Waals surface area contributed by atoms with E-state index < -0.39 is 21.6 Å². The Morgan fingerprint density at radius 3 is 2.92 bits per heavy atom. The third-order valence-electron chi connectivity index (χ3n) is 4.54. The summed E-state index contributed by atoms with van der Waals surface area (Å²) in [5.41, 5.74) is 1.67. The molecule has 3 heterocycles. The predicted octanol–water partition coefficient (Wildman–Crippen LogP) is 2.14. The van der Waals surface area contributed by atoms with Crippen LogP contribution in [0.1, 0.15) is 18.4 Å². The topological polar surface area (TPSA) is 79.4 Å². The Labute approximate surface area is 150 Å². The van der Waals surface area contributed by atoms with Crippen LogP contribution in [0.5, 0.6) is 0 Å². The number of aromatic nitrogens is 1. The van der Waals surface area contributed by atoms with Crippen LogP contribution in [-0.2, 0) is 21.2 Å². The van der Waals surface area contributed by atoms with Crippen LogP contribution in [0.15, 0.2) is 58.2 Å². The summed E-state index contributed by atoms with van der Waals surface area (Å²) in [6, 6.07) is 7.19. The number of fused-ring (bicyclic) bond motifs is 3. The van der Waals surface area contributed by atoms with Crippen LogP contribution < -0.4 is 10.2 Å². The molecule has 0 radical (unpaired) electrons.